The lowest BCUT2D eigenvalue weighted by Gasteiger charge is -2.25. The first-order chi connectivity index (χ1) is 6.92. The van der Waals surface area contributed by atoms with Crippen LogP contribution >= 0.6 is 0 Å². The highest BCUT2D eigenvalue weighted by atomic mass is 32.2. The van der Waals surface area contributed by atoms with Crippen molar-refractivity contribution in [3.8, 4) is 0 Å². The normalized spacial score (nSPS) is 27.5. The zero-order valence-electron chi connectivity index (χ0n) is 9.53. The van der Waals surface area contributed by atoms with Gasteiger partial charge in [-0.25, -0.2) is 8.42 Å². The van der Waals surface area contributed by atoms with Gasteiger partial charge in [-0.1, -0.05) is 0 Å². The molecule has 1 fully saturated rings. The largest absolute Gasteiger partial charge is 0.381 e. The summed E-state index contributed by atoms with van der Waals surface area (Å²) >= 11 is 0. The maximum atomic E-state index is 11.7. The van der Waals surface area contributed by atoms with Gasteiger partial charge in [0.1, 0.15) is 0 Å². The van der Waals surface area contributed by atoms with Crippen molar-refractivity contribution in [2.75, 3.05) is 25.5 Å². The third-order valence-corrected chi connectivity index (χ3v) is 5.46. The van der Waals surface area contributed by atoms with Crippen molar-refractivity contribution < 1.29 is 13.2 Å². The van der Waals surface area contributed by atoms with Crippen LogP contribution in [0.5, 0.6) is 0 Å². The van der Waals surface area contributed by atoms with Gasteiger partial charge in [0.15, 0.2) is 9.84 Å². The van der Waals surface area contributed by atoms with Crippen molar-refractivity contribution in [1.29, 1.82) is 0 Å². The topological polar surface area (TPSA) is 69.4 Å². The van der Waals surface area contributed by atoms with E-state index in [0.29, 0.717) is 26.2 Å². The Kier molecular flexibility index (Phi) is 4.14. The molecule has 1 aliphatic rings. The molecule has 0 aromatic rings. The lowest BCUT2D eigenvalue weighted by atomic mass is 9.85. The molecule has 2 N–H and O–H groups in total. The first kappa shape index (κ1) is 12.9. The molecule has 90 valence electrons. The van der Waals surface area contributed by atoms with Crippen LogP contribution in [0, 0.1) is 5.41 Å². The molecule has 0 aromatic heterocycles. The first-order valence-corrected chi connectivity index (χ1v) is 7.13. The van der Waals surface area contributed by atoms with E-state index in [0.717, 1.165) is 6.42 Å². The standard InChI is InChI=1S/C10H21NO3S/c1-9(2)15(12,13)6-4-10(7-11)3-5-14-8-10/h9H,3-8,11H2,1-2H3. The summed E-state index contributed by atoms with van der Waals surface area (Å²) in [6.45, 7) is 5.27. The zero-order chi connectivity index (χ0) is 11.5. The molecule has 1 heterocycles. The average Bonchev–Trinajstić information content (AvgIpc) is 2.64. The summed E-state index contributed by atoms with van der Waals surface area (Å²) in [4.78, 5) is 0. The Morgan fingerprint density at radius 1 is 1.47 bits per heavy atom. The fraction of sp³-hybridized carbons (Fsp3) is 1.00. The lowest BCUT2D eigenvalue weighted by Crippen LogP contribution is -2.34. The summed E-state index contributed by atoms with van der Waals surface area (Å²) in [5.41, 5.74) is 5.60. The molecule has 0 aliphatic carbocycles. The molecular formula is C10H21NO3S. The molecule has 15 heavy (non-hydrogen) atoms. The monoisotopic (exact) mass is 235 g/mol. The van der Waals surface area contributed by atoms with Crippen LogP contribution in [0.25, 0.3) is 0 Å². The van der Waals surface area contributed by atoms with Crippen LogP contribution in [0.3, 0.4) is 0 Å². The van der Waals surface area contributed by atoms with E-state index in [2.05, 4.69) is 0 Å². The SMILES string of the molecule is CC(C)S(=O)(=O)CCC1(CN)CCOC1. The molecular weight excluding hydrogens is 214 g/mol. The van der Waals surface area contributed by atoms with Crippen molar-refractivity contribution in [3.05, 3.63) is 0 Å². The smallest absolute Gasteiger partial charge is 0.152 e. The van der Waals surface area contributed by atoms with E-state index >= 15 is 0 Å². The summed E-state index contributed by atoms with van der Waals surface area (Å²) in [6, 6.07) is 0. The molecule has 0 bridgehead atoms. The number of hydrogen-bond donors (Lipinski definition) is 1. The fourth-order valence-corrected chi connectivity index (χ4v) is 2.89. The second kappa shape index (κ2) is 4.80. The van der Waals surface area contributed by atoms with Gasteiger partial charge in [-0.05, 0) is 26.7 Å². The van der Waals surface area contributed by atoms with E-state index in [1.54, 1.807) is 13.8 Å². The molecule has 5 heteroatoms. The third kappa shape index (κ3) is 3.16. The number of hydrogen-bond acceptors (Lipinski definition) is 4. The molecule has 1 unspecified atom stereocenters. The molecule has 0 radical (unpaired) electrons. The summed E-state index contributed by atoms with van der Waals surface area (Å²) < 4.78 is 28.6. The van der Waals surface area contributed by atoms with Gasteiger partial charge in [0.25, 0.3) is 0 Å². The number of ether oxygens (including phenoxy) is 1. The van der Waals surface area contributed by atoms with Crippen LogP contribution in [0.4, 0.5) is 0 Å². The van der Waals surface area contributed by atoms with Crippen molar-refractivity contribution in [2.45, 2.75) is 31.9 Å². The Morgan fingerprint density at radius 2 is 2.13 bits per heavy atom. The van der Waals surface area contributed by atoms with Crippen LogP contribution in [0.2, 0.25) is 0 Å². The average molecular weight is 235 g/mol. The molecule has 4 nitrogen and oxygen atoms in total. The predicted octanol–water partition coefficient (Wildman–Crippen LogP) is 0.565. The highest BCUT2D eigenvalue weighted by molar-refractivity contribution is 7.91. The van der Waals surface area contributed by atoms with E-state index in [9.17, 15) is 8.42 Å². The van der Waals surface area contributed by atoms with E-state index in [4.69, 9.17) is 10.5 Å². The Morgan fingerprint density at radius 3 is 2.53 bits per heavy atom. The first-order valence-electron chi connectivity index (χ1n) is 5.41. The van der Waals surface area contributed by atoms with E-state index < -0.39 is 9.84 Å². The molecule has 1 aliphatic heterocycles. The Bertz CT molecular complexity index is 292. The molecule has 0 spiro atoms. The Hall–Kier alpha value is -0.130. The molecule has 0 saturated carbocycles. The highest BCUT2D eigenvalue weighted by Gasteiger charge is 2.35. The maximum Gasteiger partial charge on any atom is 0.152 e. The quantitative estimate of drug-likeness (QED) is 0.756. The van der Waals surface area contributed by atoms with Gasteiger partial charge >= 0.3 is 0 Å². The van der Waals surface area contributed by atoms with Crippen molar-refractivity contribution >= 4 is 9.84 Å². The van der Waals surface area contributed by atoms with Crippen molar-refractivity contribution in [2.24, 2.45) is 11.1 Å². The van der Waals surface area contributed by atoms with Gasteiger partial charge in [0.05, 0.1) is 17.6 Å². The fourth-order valence-electron chi connectivity index (χ4n) is 1.70. The Balaban J connectivity index is 2.55. The van der Waals surface area contributed by atoms with Gasteiger partial charge in [-0.15, -0.1) is 0 Å². The minimum atomic E-state index is -2.95. The number of nitrogens with two attached hydrogens (primary N) is 1. The van der Waals surface area contributed by atoms with Crippen molar-refractivity contribution in [1.82, 2.24) is 0 Å². The van der Waals surface area contributed by atoms with Crippen LogP contribution in [-0.2, 0) is 14.6 Å². The molecule has 0 aromatic carbocycles. The molecule has 1 saturated heterocycles. The van der Waals surface area contributed by atoms with Crippen molar-refractivity contribution in [3.63, 3.8) is 0 Å². The lowest BCUT2D eigenvalue weighted by molar-refractivity contribution is 0.153. The number of sulfone groups is 1. The van der Waals surface area contributed by atoms with Crippen LogP contribution in [0.1, 0.15) is 26.7 Å². The second-order valence-corrected chi connectivity index (χ2v) is 7.35. The summed E-state index contributed by atoms with van der Waals surface area (Å²) in [6.07, 6.45) is 1.52. The summed E-state index contributed by atoms with van der Waals surface area (Å²) in [7, 11) is -2.95. The minimum Gasteiger partial charge on any atom is -0.381 e. The molecule has 1 atom stereocenters. The zero-order valence-corrected chi connectivity index (χ0v) is 10.3. The van der Waals surface area contributed by atoms with Gasteiger partial charge in [0, 0.05) is 18.6 Å². The molecule has 1 rings (SSSR count). The van der Waals surface area contributed by atoms with Crippen LogP contribution in [-0.4, -0.2) is 39.2 Å². The van der Waals surface area contributed by atoms with Crippen LogP contribution < -0.4 is 5.73 Å². The summed E-state index contributed by atoms with van der Waals surface area (Å²) in [5.74, 6) is 0.227. The second-order valence-electron chi connectivity index (χ2n) is 4.67. The summed E-state index contributed by atoms with van der Waals surface area (Å²) in [5, 5.41) is -0.297. The number of rotatable bonds is 5. The van der Waals surface area contributed by atoms with Gasteiger partial charge < -0.3 is 10.5 Å². The van der Waals surface area contributed by atoms with Gasteiger partial charge in [-0.3, -0.25) is 0 Å². The minimum absolute atomic E-state index is 0.0953. The maximum absolute atomic E-state index is 11.7. The highest BCUT2D eigenvalue weighted by Crippen LogP contribution is 2.31. The third-order valence-electron chi connectivity index (χ3n) is 3.25. The van der Waals surface area contributed by atoms with Gasteiger partial charge in [0.2, 0.25) is 0 Å². The van der Waals surface area contributed by atoms with Crippen LogP contribution in [0.15, 0.2) is 0 Å². The van der Waals surface area contributed by atoms with E-state index in [1.807, 2.05) is 0 Å². The van der Waals surface area contributed by atoms with Gasteiger partial charge in [-0.2, -0.15) is 0 Å². The Labute approximate surface area is 92.1 Å². The van der Waals surface area contributed by atoms with E-state index in [-0.39, 0.29) is 16.4 Å². The predicted molar refractivity (Wildman–Crippen MR) is 60.5 cm³/mol. The van der Waals surface area contributed by atoms with E-state index in [1.165, 1.54) is 0 Å². The molecule has 0 amide bonds.